The molecule has 0 radical (unpaired) electrons. The van der Waals surface area contributed by atoms with Gasteiger partial charge in [-0.25, -0.2) is 12.8 Å². The van der Waals surface area contributed by atoms with Crippen LogP contribution < -0.4 is 10.1 Å². The number of rotatable bonds is 3. The molecule has 2 aromatic rings. The molecule has 1 amide bonds. The molecule has 1 aliphatic carbocycles. The molecule has 1 N–H and O–H groups in total. The van der Waals surface area contributed by atoms with Gasteiger partial charge in [-0.2, -0.15) is 4.31 Å². The number of fused-ring (bicyclic) bond motifs is 1. The van der Waals surface area contributed by atoms with Crippen molar-refractivity contribution in [1.29, 1.82) is 0 Å². The molecule has 4 rings (SSSR count). The first-order valence-corrected chi connectivity index (χ1v) is 11.5. The zero-order chi connectivity index (χ0) is 21.5. The summed E-state index contributed by atoms with van der Waals surface area (Å²) in [5.41, 5.74) is 0.970. The van der Waals surface area contributed by atoms with Gasteiger partial charge in [0.2, 0.25) is 10.0 Å². The summed E-state index contributed by atoms with van der Waals surface area (Å²) in [6, 6.07) is 10.2. The van der Waals surface area contributed by atoms with E-state index in [1.807, 2.05) is 25.1 Å². The van der Waals surface area contributed by atoms with Gasteiger partial charge in [-0.1, -0.05) is 11.6 Å². The molecule has 2 aromatic carbocycles. The van der Waals surface area contributed by atoms with Crippen LogP contribution in [0.5, 0.6) is 5.75 Å². The van der Waals surface area contributed by atoms with Crippen molar-refractivity contribution in [1.82, 2.24) is 9.62 Å². The number of hydrogen-bond donors (Lipinski definition) is 1. The van der Waals surface area contributed by atoms with Crippen molar-refractivity contribution < 1.29 is 22.3 Å². The maximum absolute atomic E-state index is 13.2. The van der Waals surface area contributed by atoms with Crippen molar-refractivity contribution >= 4 is 15.9 Å². The maximum Gasteiger partial charge on any atom is 0.255 e. The second-order valence-electron chi connectivity index (χ2n) is 8.17. The molecule has 1 heterocycles. The van der Waals surface area contributed by atoms with Gasteiger partial charge >= 0.3 is 0 Å². The minimum Gasteiger partial charge on any atom is -0.485 e. The Morgan fingerprint density at radius 1 is 1.13 bits per heavy atom. The van der Waals surface area contributed by atoms with Gasteiger partial charge in [-0.3, -0.25) is 4.79 Å². The standard InChI is InChI=1S/C22H25FN2O4S/c1-15-3-8-20-19(13-15)21(26)24-14-22(29-20)11-9-17(10-12-22)25(2)30(27,28)18-6-4-16(23)5-7-18/h3-8,13,17H,9-12,14H2,1-2H3,(H,24,26). The number of nitrogens with zero attached hydrogens (tertiary/aromatic N) is 1. The van der Waals surface area contributed by atoms with E-state index in [1.165, 1.54) is 16.4 Å². The maximum atomic E-state index is 13.2. The summed E-state index contributed by atoms with van der Waals surface area (Å²) in [4.78, 5) is 12.5. The minimum atomic E-state index is -3.71. The molecule has 0 unspecified atom stereocenters. The normalized spacial score (nSPS) is 24.1. The van der Waals surface area contributed by atoms with Gasteiger partial charge in [-0.05, 0) is 69.0 Å². The minimum absolute atomic E-state index is 0.0777. The third-order valence-electron chi connectivity index (χ3n) is 6.15. The fourth-order valence-corrected chi connectivity index (χ4v) is 5.67. The van der Waals surface area contributed by atoms with Crippen molar-refractivity contribution in [3.8, 4) is 5.75 Å². The molecule has 0 atom stereocenters. The van der Waals surface area contributed by atoms with Crippen molar-refractivity contribution in [2.45, 2.75) is 49.1 Å². The number of amides is 1. The Hall–Kier alpha value is -2.45. The highest BCUT2D eigenvalue weighted by atomic mass is 32.2. The third kappa shape index (κ3) is 3.81. The number of hydrogen-bond acceptors (Lipinski definition) is 4. The van der Waals surface area contributed by atoms with E-state index in [2.05, 4.69) is 5.32 Å². The molecular weight excluding hydrogens is 407 g/mol. The van der Waals surface area contributed by atoms with Gasteiger partial charge in [0.25, 0.3) is 5.91 Å². The van der Waals surface area contributed by atoms with E-state index < -0.39 is 21.4 Å². The number of sulfonamides is 1. The fourth-order valence-electron chi connectivity index (χ4n) is 4.26. The van der Waals surface area contributed by atoms with E-state index in [9.17, 15) is 17.6 Å². The molecule has 0 aromatic heterocycles. The summed E-state index contributed by atoms with van der Waals surface area (Å²) in [6.07, 6.45) is 2.45. The molecule has 8 heteroatoms. The van der Waals surface area contributed by atoms with E-state index in [-0.39, 0.29) is 16.8 Å². The van der Waals surface area contributed by atoms with Gasteiger partial charge in [0, 0.05) is 13.1 Å². The second-order valence-corrected chi connectivity index (χ2v) is 10.2. The van der Waals surface area contributed by atoms with E-state index in [1.54, 1.807) is 7.05 Å². The molecule has 1 saturated carbocycles. The van der Waals surface area contributed by atoms with Crippen LogP contribution in [-0.2, 0) is 10.0 Å². The zero-order valence-corrected chi connectivity index (χ0v) is 17.8. The van der Waals surface area contributed by atoms with Crippen molar-refractivity contribution in [2.75, 3.05) is 13.6 Å². The third-order valence-corrected chi connectivity index (χ3v) is 8.07. The Balaban J connectivity index is 1.50. The quantitative estimate of drug-likeness (QED) is 0.808. The lowest BCUT2D eigenvalue weighted by molar-refractivity contribution is 0.0196. The van der Waals surface area contributed by atoms with E-state index in [4.69, 9.17) is 4.74 Å². The van der Waals surface area contributed by atoms with Crippen molar-refractivity contribution in [3.63, 3.8) is 0 Å². The first kappa shape index (κ1) is 20.8. The van der Waals surface area contributed by atoms with Gasteiger partial charge in [0.05, 0.1) is 17.0 Å². The lowest BCUT2D eigenvalue weighted by Gasteiger charge is -2.41. The predicted octanol–water partition coefficient (Wildman–Crippen LogP) is 3.26. The van der Waals surface area contributed by atoms with Gasteiger partial charge < -0.3 is 10.1 Å². The first-order chi connectivity index (χ1) is 14.2. The zero-order valence-electron chi connectivity index (χ0n) is 17.0. The number of halogens is 1. The highest BCUT2D eigenvalue weighted by Gasteiger charge is 2.42. The summed E-state index contributed by atoms with van der Waals surface area (Å²) in [7, 11) is -2.15. The smallest absolute Gasteiger partial charge is 0.255 e. The van der Waals surface area contributed by atoms with Crippen LogP contribution in [0.1, 0.15) is 41.6 Å². The lowest BCUT2D eigenvalue weighted by atomic mass is 9.82. The number of carbonyl (C=O) groups excluding carboxylic acids is 1. The number of carbonyl (C=O) groups is 1. The fraction of sp³-hybridized carbons (Fsp3) is 0.409. The highest BCUT2D eigenvalue weighted by molar-refractivity contribution is 7.89. The van der Waals surface area contributed by atoms with E-state index in [0.717, 1.165) is 17.7 Å². The monoisotopic (exact) mass is 432 g/mol. The summed E-state index contributed by atoms with van der Waals surface area (Å²) >= 11 is 0. The largest absolute Gasteiger partial charge is 0.485 e. The van der Waals surface area contributed by atoms with Crippen LogP contribution >= 0.6 is 0 Å². The van der Waals surface area contributed by atoms with Crippen LogP contribution in [0, 0.1) is 12.7 Å². The number of benzene rings is 2. The van der Waals surface area contributed by atoms with E-state index in [0.29, 0.717) is 43.5 Å². The number of ether oxygens (including phenoxy) is 1. The number of nitrogens with one attached hydrogen (secondary N) is 1. The topological polar surface area (TPSA) is 75.7 Å². The Morgan fingerprint density at radius 3 is 2.47 bits per heavy atom. The van der Waals surface area contributed by atoms with Crippen LogP contribution in [0.25, 0.3) is 0 Å². The molecule has 1 aliphatic heterocycles. The molecule has 30 heavy (non-hydrogen) atoms. The van der Waals surface area contributed by atoms with Crippen LogP contribution in [0.3, 0.4) is 0 Å². The van der Waals surface area contributed by atoms with Gasteiger partial charge in [-0.15, -0.1) is 0 Å². The molecule has 2 aliphatic rings. The van der Waals surface area contributed by atoms with Crippen molar-refractivity contribution in [3.05, 3.63) is 59.4 Å². The Bertz CT molecular complexity index is 1060. The van der Waals surface area contributed by atoms with E-state index >= 15 is 0 Å². The molecule has 6 nitrogen and oxygen atoms in total. The Kier molecular flexibility index (Phi) is 5.32. The van der Waals surface area contributed by atoms with Gasteiger partial charge in [0.1, 0.15) is 17.2 Å². The molecule has 0 bridgehead atoms. The summed E-state index contributed by atoms with van der Waals surface area (Å²) in [5, 5.41) is 2.96. The Labute approximate surface area is 176 Å². The molecule has 1 fully saturated rings. The molecule has 160 valence electrons. The van der Waals surface area contributed by atoms with Crippen LogP contribution in [0.15, 0.2) is 47.4 Å². The summed E-state index contributed by atoms with van der Waals surface area (Å²) < 4.78 is 46.7. The van der Waals surface area contributed by atoms with Crippen LogP contribution in [0.4, 0.5) is 4.39 Å². The molecular formula is C22H25FN2O4S. The predicted molar refractivity (Wildman–Crippen MR) is 110 cm³/mol. The van der Waals surface area contributed by atoms with Crippen molar-refractivity contribution in [2.24, 2.45) is 0 Å². The number of aryl methyl sites for hydroxylation is 1. The lowest BCUT2D eigenvalue weighted by Crippen LogP contribution is -2.51. The average Bonchev–Trinajstić information content (AvgIpc) is 2.86. The SMILES string of the molecule is Cc1ccc2c(c1)C(=O)NCC1(CCC(N(C)S(=O)(=O)c3ccc(F)cc3)CC1)O2. The second kappa shape index (κ2) is 7.67. The highest BCUT2D eigenvalue weighted by Crippen LogP contribution is 2.38. The average molecular weight is 433 g/mol. The van der Waals surface area contributed by atoms with Crippen LogP contribution in [0.2, 0.25) is 0 Å². The van der Waals surface area contributed by atoms with Crippen LogP contribution in [-0.4, -0.2) is 43.9 Å². The van der Waals surface area contributed by atoms with Gasteiger partial charge in [0.15, 0.2) is 0 Å². The summed E-state index contributed by atoms with van der Waals surface area (Å²) in [5.74, 6) is -0.0516. The first-order valence-electron chi connectivity index (χ1n) is 10.0. The molecule has 1 spiro atoms. The Morgan fingerprint density at radius 2 is 1.80 bits per heavy atom. The molecule has 0 saturated heterocycles. The summed E-state index contributed by atoms with van der Waals surface area (Å²) in [6.45, 7) is 2.32.